The molecule has 1 aromatic carbocycles. The van der Waals surface area contributed by atoms with Gasteiger partial charge in [0, 0.05) is 6.04 Å². The quantitative estimate of drug-likeness (QED) is 0.684. The van der Waals surface area contributed by atoms with E-state index in [-0.39, 0.29) is 36.6 Å². The summed E-state index contributed by atoms with van der Waals surface area (Å²) in [6.45, 7) is 2.52. The Kier molecular flexibility index (Phi) is 6.05. The second-order valence-electron chi connectivity index (χ2n) is 6.35. The van der Waals surface area contributed by atoms with E-state index in [0.717, 1.165) is 5.75 Å². The van der Waals surface area contributed by atoms with Gasteiger partial charge in [0.25, 0.3) is 5.91 Å². The predicted molar refractivity (Wildman–Crippen MR) is 99.4 cm³/mol. The largest absolute Gasteiger partial charge is 0.494 e. The number of hydrogen-bond acceptors (Lipinski definition) is 6. The van der Waals surface area contributed by atoms with Gasteiger partial charge in [-0.15, -0.1) is 0 Å². The van der Waals surface area contributed by atoms with Crippen molar-refractivity contribution in [2.24, 2.45) is 0 Å². The van der Waals surface area contributed by atoms with Gasteiger partial charge < -0.3 is 18.8 Å². The zero-order chi connectivity index (χ0) is 19.3. The third-order valence-electron chi connectivity index (χ3n) is 4.37. The fourth-order valence-electron chi connectivity index (χ4n) is 3.04. The summed E-state index contributed by atoms with van der Waals surface area (Å²) in [7, 11) is -3.11. The van der Waals surface area contributed by atoms with Crippen LogP contribution in [0.4, 0.5) is 0 Å². The zero-order valence-corrected chi connectivity index (χ0v) is 16.0. The molecule has 3 rings (SSSR count). The Bertz CT molecular complexity index is 845. The van der Waals surface area contributed by atoms with Crippen LogP contribution in [0.3, 0.4) is 0 Å². The molecule has 2 aromatic rings. The van der Waals surface area contributed by atoms with E-state index in [9.17, 15) is 13.2 Å². The lowest BCUT2D eigenvalue weighted by atomic mass is 10.2. The first-order valence-electron chi connectivity index (χ1n) is 8.85. The number of amides is 1. The molecule has 1 aromatic heterocycles. The summed E-state index contributed by atoms with van der Waals surface area (Å²) in [5.41, 5.74) is 0. The van der Waals surface area contributed by atoms with Crippen LogP contribution in [0.25, 0.3) is 0 Å². The first-order chi connectivity index (χ1) is 13.0. The smallest absolute Gasteiger partial charge is 0.261 e. The van der Waals surface area contributed by atoms with Crippen LogP contribution >= 0.6 is 0 Å². The van der Waals surface area contributed by atoms with Crippen LogP contribution in [0.1, 0.15) is 19.1 Å². The highest BCUT2D eigenvalue weighted by atomic mass is 32.2. The van der Waals surface area contributed by atoms with Gasteiger partial charge in [0.2, 0.25) is 0 Å². The van der Waals surface area contributed by atoms with Crippen LogP contribution in [0.15, 0.2) is 47.1 Å². The number of benzene rings is 1. The molecular formula is C19H23NO6S. The van der Waals surface area contributed by atoms with E-state index >= 15 is 0 Å². The summed E-state index contributed by atoms with van der Waals surface area (Å²) >= 11 is 0. The van der Waals surface area contributed by atoms with Crippen molar-refractivity contribution in [3.63, 3.8) is 0 Å². The van der Waals surface area contributed by atoms with E-state index < -0.39 is 9.84 Å². The Morgan fingerprint density at radius 3 is 2.44 bits per heavy atom. The molecule has 1 unspecified atom stereocenters. The van der Waals surface area contributed by atoms with Gasteiger partial charge in [-0.3, -0.25) is 4.79 Å². The standard InChI is InChI=1S/C19H23NO6S/c1-2-24-16-5-7-17(8-6-16)26-13-19(21)20(12-18-4-3-10-25-18)15-9-11-27(22,23)14-15/h3-8,10,15H,2,9,11-14H2,1H3. The van der Waals surface area contributed by atoms with Crippen LogP contribution in [-0.2, 0) is 21.2 Å². The van der Waals surface area contributed by atoms with Crippen LogP contribution in [0, 0.1) is 0 Å². The van der Waals surface area contributed by atoms with E-state index in [1.54, 1.807) is 36.4 Å². The fraction of sp³-hybridized carbons (Fsp3) is 0.421. The topological polar surface area (TPSA) is 86.1 Å². The minimum absolute atomic E-state index is 0.0253. The second-order valence-corrected chi connectivity index (χ2v) is 8.58. The van der Waals surface area contributed by atoms with Crippen molar-refractivity contribution in [3.05, 3.63) is 48.4 Å². The monoisotopic (exact) mass is 393 g/mol. The molecule has 0 N–H and O–H groups in total. The first kappa shape index (κ1) is 19.3. The van der Waals surface area contributed by atoms with Gasteiger partial charge in [-0.2, -0.15) is 0 Å². The molecule has 1 amide bonds. The molecule has 0 spiro atoms. The Morgan fingerprint density at radius 2 is 1.89 bits per heavy atom. The molecule has 1 saturated heterocycles. The van der Waals surface area contributed by atoms with Gasteiger partial charge >= 0.3 is 0 Å². The minimum Gasteiger partial charge on any atom is -0.494 e. The summed E-state index contributed by atoms with van der Waals surface area (Å²) in [5, 5.41) is 0. The van der Waals surface area contributed by atoms with E-state index in [1.165, 1.54) is 11.2 Å². The van der Waals surface area contributed by atoms with Crippen LogP contribution < -0.4 is 9.47 Å². The molecule has 0 radical (unpaired) electrons. The van der Waals surface area contributed by atoms with Crippen LogP contribution in [-0.4, -0.2) is 50.0 Å². The molecule has 1 atom stereocenters. The lowest BCUT2D eigenvalue weighted by molar-refractivity contribution is -0.136. The summed E-state index contributed by atoms with van der Waals surface area (Å²) in [4.78, 5) is 14.3. The lowest BCUT2D eigenvalue weighted by Crippen LogP contribution is -2.43. The van der Waals surface area contributed by atoms with Gasteiger partial charge in [0.1, 0.15) is 17.3 Å². The molecule has 27 heavy (non-hydrogen) atoms. The van der Waals surface area contributed by atoms with Gasteiger partial charge in [0.15, 0.2) is 16.4 Å². The molecule has 0 bridgehead atoms. The summed E-state index contributed by atoms with van der Waals surface area (Å²) < 4.78 is 39.9. The predicted octanol–water partition coefficient (Wildman–Crippen LogP) is 2.27. The Hall–Kier alpha value is -2.48. The zero-order valence-electron chi connectivity index (χ0n) is 15.2. The van der Waals surface area contributed by atoms with Crippen molar-refractivity contribution in [1.82, 2.24) is 4.90 Å². The molecule has 146 valence electrons. The first-order valence-corrected chi connectivity index (χ1v) is 10.7. The maximum atomic E-state index is 12.8. The Balaban J connectivity index is 1.65. The van der Waals surface area contributed by atoms with Crippen molar-refractivity contribution in [2.45, 2.75) is 25.9 Å². The number of nitrogens with zero attached hydrogens (tertiary/aromatic N) is 1. The highest BCUT2D eigenvalue weighted by Crippen LogP contribution is 2.22. The number of carbonyl (C=O) groups is 1. The highest BCUT2D eigenvalue weighted by molar-refractivity contribution is 7.91. The maximum Gasteiger partial charge on any atom is 0.261 e. The molecule has 1 fully saturated rings. The van der Waals surface area contributed by atoms with Crippen molar-refractivity contribution in [1.29, 1.82) is 0 Å². The Labute approximate surface area is 158 Å². The second kappa shape index (κ2) is 8.47. The molecule has 2 heterocycles. The maximum absolute atomic E-state index is 12.8. The molecule has 7 nitrogen and oxygen atoms in total. The lowest BCUT2D eigenvalue weighted by Gasteiger charge is -2.27. The van der Waals surface area contributed by atoms with Crippen molar-refractivity contribution < 1.29 is 27.1 Å². The van der Waals surface area contributed by atoms with E-state index in [4.69, 9.17) is 13.9 Å². The average Bonchev–Trinajstić information content (AvgIpc) is 3.28. The van der Waals surface area contributed by atoms with Crippen molar-refractivity contribution >= 4 is 15.7 Å². The third-order valence-corrected chi connectivity index (χ3v) is 6.12. The van der Waals surface area contributed by atoms with Crippen molar-refractivity contribution in [3.8, 4) is 11.5 Å². The molecule has 8 heteroatoms. The van der Waals surface area contributed by atoms with Crippen LogP contribution in [0.5, 0.6) is 11.5 Å². The van der Waals surface area contributed by atoms with Gasteiger partial charge in [-0.1, -0.05) is 0 Å². The average molecular weight is 393 g/mol. The highest BCUT2D eigenvalue weighted by Gasteiger charge is 2.35. The van der Waals surface area contributed by atoms with Crippen LogP contribution in [0.2, 0.25) is 0 Å². The van der Waals surface area contributed by atoms with E-state index in [1.807, 2.05) is 6.92 Å². The number of ether oxygens (including phenoxy) is 2. The molecular weight excluding hydrogens is 370 g/mol. The minimum atomic E-state index is -3.11. The van der Waals surface area contributed by atoms with Gasteiger partial charge in [0.05, 0.1) is 30.9 Å². The summed E-state index contributed by atoms with van der Waals surface area (Å²) in [6, 6.07) is 10.1. The number of hydrogen-bond donors (Lipinski definition) is 0. The molecule has 1 aliphatic rings. The molecule has 0 aliphatic carbocycles. The summed E-state index contributed by atoms with van der Waals surface area (Å²) in [6.07, 6.45) is 1.96. The molecule has 1 aliphatic heterocycles. The summed E-state index contributed by atoms with van der Waals surface area (Å²) in [5.74, 6) is 1.67. The normalized spacial score (nSPS) is 18.2. The van der Waals surface area contributed by atoms with Gasteiger partial charge in [-0.25, -0.2) is 8.42 Å². The SMILES string of the molecule is CCOc1ccc(OCC(=O)N(Cc2ccco2)C2CCS(=O)(=O)C2)cc1. The Morgan fingerprint density at radius 1 is 1.19 bits per heavy atom. The third kappa shape index (κ3) is 5.26. The number of furan rings is 1. The van der Waals surface area contributed by atoms with E-state index in [2.05, 4.69) is 0 Å². The number of sulfone groups is 1. The molecule has 0 saturated carbocycles. The van der Waals surface area contributed by atoms with Gasteiger partial charge in [-0.05, 0) is 49.7 Å². The number of rotatable bonds is 8. The number of carbonyl (C=O) groups excluding carboxylic acids is 1. The van der Waals surface area contributed by atoms with E-state index in [0.29, 0.717) is 24.5 Å². The fourth-order valence-corrected chi connectivity index (χ4v) is 4.77. The van der Waals surface area contributed by atoms with Crippen molar-refractivity contribution in [2.75, 3.05) is 24.7 Å².